The van der Waals surface area contributed by atoms with E-state index in [0.717, 1.165) is 31.6 Å². The maximum absolute atomic E-state index is 11.7. The second-order valence-corrected chi connectivity index (χ2v) is 6.02. The first-order valence-electron chi connectivity index (χ1n) is 6.03. The number of aromatic nitrogens is 2. The zero-order chi connectivity index (χ0) is 11.8. The van der Waals surface area contributed by atoms with Crippen LogP contribution in [0.15, 0.2) is 9.64 Å². The molecule has 1 aromatic heterocycles. The maximum Gasteiger partial charge on any atom is 0.277 e. The van der Waals surface area contributed by atoms with Crippen molar-refractivity contribution in [2.24, 2.45) is 0 Å². The van der Waals surface area contributed by atoms with Crippen molar-refractivity contribution in [2.45, 2.75) is 55.0 Å². The number of rotatable bonds is 5. The van der Waals surface area contributed by atoms with Gasteiger partial charge >= 0.3 is 0 Å². The molecule has 3 rings (SSSR count). The first-order chi connectivity index (χ1) is 8.22. The van der Waals surface area contributed by atoms with Crippen LogP contribution in [0.1, 0.15) is 44.4 Å². The molecule has 2 saturated carbocycles. The van der Waals surface area contributed by atoms with E-state index >= 15 is 0 Å². The molecule has 92 valence electrons. The summed E-state index contributed by atoms with van der Waals surface area (Å²) in [6.07, 6.45) is 4.50. The lowest BCUT2D eigenvalue weighted by molar-refractivity contribution is -0.120. The number of thioether (sulfide) groups is 1. The molecule has 1 heterocycles. The molecule has 1 atom stereocenters. The smallest absolute Gasteiger partial charge is 0.277 e. The van der Waals surface area contributed by atoms with E-state index in [1.54, 1.807) is 0 Å². The molecule has 2 aliphatic carbocycles. The molecule has 0 aromatic carbocycles. The van der Waals surface area contributed by atoms with Crippen LogP contribution < -0.4 is 5.32 Å². The van der Waals surface area contributed by atoms with Gasteiger partial charge in [0.05, 0.1) is 5.25 Å². The maximum atomic E-state index is 11.7. The van der Waals surface area contributed by atoms with Crippen molar-refractivity contribution in [1.29, 1.82) is 0 Å². The Morgan fingerprint density at radius 2 is 2.18 bits per heavy atom. The number of hydrogen-bond acceptors (Lipinski definition) is 5. The summed E-state index contributed by atoms with van der Waals surface area (Å²) in [6.45, 7) is 1.86. The minimum atomic E-state index is -0.178. The summed E-state index contributed by atoms with van der Waals surface area (Å²) in [7, 11) is 0. The fraction of sp³-hybridized carbons (Fsp3) is 0.727. The first kappa shape index (κ1) is 11.1. The molecule has 2 fully saturated rings. The largest absolute Gasteiger partial charge is 0.416 e. The van der Waals surface area contributed by atoms with Gasteiger partial charge in [-0.15, -0.1) is 10.2 Å². The third-order valence-corrected chi connectivity index (χ3v) is 3.85. The third-order valence-electron chi connectivity index (χ3n) is 2.92. The van der Waals surface area contributed by atoms with E-state index in [9.17, 15) is 4.79 Å². The van der Waals surface area contributed by atoms with E-state index in [2.05, 4.69) is 15.5 Å². The van der Waals surface area contributed by atoms with Gasteiger partial charge in [-0.25, -0.2) is 0 Å². The molecule has 0 radical (unpaired) electrons. The standard InChI is InChI=1S/C11H15N3O2S/c1-6(9(15)12-8-4-5-8)17-11-14-13-10(16-11)7-2-3-7/h6-8H,2-5H2,1H3,(H,12,15)/t6-/m0/s1. The van der Waals surface area contributed by atoms with Gasteiger partial charge in [-0.1, -0.05) is 11.8 Å². The molecule has 0 aliphatic heterocycles. The van der Waals surface area contributed by atoms with Gasteiger partial charge in [0.1, 0.15) is 0 Å². The second-order valence-electron chi connectivity index (χ2n) is 4.72. The van der Waals surface area contributed by atoms with Crippen LogP contribution in [0.25, 0.3) is 0 Å². The Morgan fingerprint density at radius 1 is 1.41 bits per heavy atom. The highest BCUT2D eigenvalue weighted by molar-refractivity contribution is 8.00. The molecule has 1 amide bonds. The molecular weight excluding hydrogens is 238 g/mol. The van der Waals surface area contributed by atoms with E-state index in [1.165, 1.54) is 11.8 Å². The fourth-order valence-corrected chi connectivity index (χ4v) is 2.21. The molecule has 0 spiro atoms. The van der Waals surface area contributed by atoms with Gasteiger partial charge in [0.25, 0.3) is 5.22 Å². The van der Waals surface area contributed by atoms with Gasteiger partial charge in [-0.05, 0) is 32.6 Å². The fourth-order valence-electron chi connectivity index (χ4n) is 1.51. The molecular formula is C11H15N3O2S. The number of hydrogen-bond donors (Lipinski definition) is 1. The molecule has 0 unspecified atom stereocenters. The van der Waals surface area contributed by atoms with Gasteiger partial charge in [0.15, 0.2) is 0 Å². The van der Waals surface area contributed by atoms with Gasteiger partial charge in [0, 0.05) is 12.0 Å². The second kappa shape index (κ2) is 4.33. The average molecular weight is 253 g/mol. The Kier molecular flexibility index (Phi) is 2.82. The van der Waals surface area contributed by atoms with Crippen molar-refractivity contribution >= 4 is 17.7 Å². The number of amides is 1. The Bertz CT molecular complexity index is 426. The SMILES string of the molecule is C[C@H](Sc1nnc(C2CC2)o1)C(=O)NC1CC1. The van der Waals surface area contributed by atoms with E-state index in [-0.39, 0.29) is 11.2 Å². The molecule has 0 saturated heterocycles. The lowest BCUT2D eigenvalue weighted by Crippen LogP contribution is -2.32. The molecule has 1 N–H and O–H groups in total. The number of carbonyl (C=O) groups excluding carboxylic acids is 1. The van der Waals surface area contributed by atoms with Crippen molar-refractivity contribution in [2.75, 3.05) is 0 Å². The minimum Gasteiger partial charge on any atom is -0.416 e. The van der Waals surface area contributed by atoms with Crippen LogP contribution >= 0.6 is 11.8 Å². The summed E-state index contributed by atoms with van der Waals surface area (Å²) < 4.78 is 5.51. The molecule has 17 heavy (non-hydrogen) atoms. The van der Waals surface area contributed by atoms with Crippen molar-refractivity contribution in [1.82, 2.24) is 15.5 Å². The van der Waals surface area contributed by atoms with Crippen LogP contribution in [0, 0.1) is 0 Å². The zero-order valence-electron chi connectivity index (χ0n) is 9.68. The quantitative estimate of drug-likeness (QED) is 0.809. The molecule has 2 aliphatic rings. The Balaban J connectivity index is 1.54. The number of nitrogens with one attached hydrogen (secondary N) is 1. The minimum absolute atomic E-state index is 0.0590. The summed E-state index contributed by atoms with van der Waals surface area (Å²) in [6, 6.07) is 0.398. The molecule has 5 nitrogen and oxygen atoms in total. The van der Waals surface area contributed by atoms with Crippen molar-refractivity contribution in [3.05, 3.63) is 5.89 Å². The van der Waals surface area contributed by atoms with E-state index in [0.29, 0.717) is 17.2 Å². The zero-order valence-corrected chi connectivity index (χ0v) is 10.5. The topological polar surface area (TPSA) is 68.0 Å². The third kappa shape index (κ3) is 2.80. The van der Waals surface area contributed by atoms with Crippen molar-refractivity contribution < 1.29 is 9.21 Å². The number of nitrogens with zero attached hydrogens (tertiary/aromatic N) is 2. The number of carbonyl (C=O) groups is 1. The highest BCUT2D eigenvalue weighted by atomic mass is 32.2. The summed E-state index contributed by atoms with van der Waals surface area (Å²) in [4.78, 5) is 11.7. The van der Waals surface area contributed by atoms with Crippen LogP contribution in [0.3, 0.4) is 0 Å². The summed E-state index contributed by atoms with van der Waals surface area (Å²) in [5.74, 6) is 1.25. The van der Waals surface area contributed by atoms with Crippen molar-refractivity contribution in [3.8, 4) is 0 Å². The monoisotopic (exact) mass is 253 g/mol. The van der Waals surface area contributed by atoms with E-state index in [1.807, 2.05) is 6.92 Å². The van der Waals surface area contributed by atoms with Gasteiger partial charge in [-0.2, -0.15) is 0 Å². The highest BCUT2D eigenvalue weighted by Crippen LogP contribution is 2.40. The lowest BCUT2D eigenvalue weighted by Gasteiger charge is -2.08. The predicted molar refractivity (Wildman–Crippen MR) is 62.8 cm³/mol. The summed E-state index contributed by atoms with van der Waals surface area (Å²) in [5, 5.41) is 11.2. The van der Waals surface area contributed by atoms with Crippen molar-refractivity contribution in [3.63, 3.8) is 0 Å². The van der Waals surface area contributed by atoms with Gasteiger partial charge in [-0.3, -0.25) is 4.79 Å². The first-order valence-corrected chi connectivity index (χ1v) is 6.91. The Hall–Kier alpha value is -1.04. The summed E-state index contributed by atoms with van der Waals surface area (Å²) in [5.41, 5.74) is 0. The lowest BCUT2D eigenvalue weighted by atomic mass is 10.4. The average Bonchev–Trinajstić information content (AvgIpc) is 3.21. The Labute approximate surface area is 104 Å². The highest BCUT2D eigenvalue weighted by Gasteiger charge is 2.30. The van der Waals surface area contributed by atoms with Gasteiger partial charge < -0.3 is 9.73 Å². The van der Waals surface area contributed by atoms with Gasteiger partial charge in [0.2, 0.25) is 11.8 Å². The molecule has 6 heteroatoms. The summed E-state index contributed by atoms with van der Waals surface area (Å²) >= 11 is 1.34. The molecule has 0 bridgehead atoms. The molecule has 1 aromatic rings. The van der Waals surface area contributed by atoms with E-state index in [4.69, 9.17) is 4.42 Å². The van der Waals surface area contributed by atoms with Crippen LogP contribution in [0.2, 0.25) is 0 Å². The van der Waals surface area contributed by atoms with E-state index < -0.39 is 0 Å². The van der Waals surface area contributed by atoms with Crippen LogP contribution in [0.5, 0.6) is 0 Å². The predicted octanol–water partition coefficient (Wildman–Crippen LogP) is 1.71. The van der Waals surface area contributed by atoms with Crippen LogP contribution in [-0.4, -0.2) is 27.4 Å². The Morgan fingerprint density at radius 3 is 2.82 bits per heavy atom. The van der Waals surface area contributed by atoms with Crippen LogP contribution in [-0.2, 0) is 4.79 Å². The van der Waals surface area contributed by atoms with Crippen LogP contribution in [0.4, 0.5) is 0 Å². The normalized spacial score (nSPS) is 21.2.